The van der Waals surface area contributed by atoms with Crippen LogP contribution in [0.1, 0.15) is 37.3 Å². The molecule has 1 aliphatic rings. The van der Waals surface area contributed by atoms with Gasteiger partial charge in [-0.1, -0.05) is 0 Å². The van der Waals surface area contributed by atoms with E-state index in [2.05, 4.69) is 15.3 Å². The van der Waals surface area contributed by atoms with Gasteiger partial charge in [0.25, 0.3) is 0 Å². The van der Waals surface area contributed by atoms with Crippen LogP contribution >= 0.6 is 0 Å². The maximum Gasteiger partial charge on any atom is 0.157 e. The zero-order chi connectivity index (χ0) is 13.5. The third-order valence-corrected chi connectivity index (χ3v) is 3.19. The van der Waals surface area contributed by atoms with Crippen LogP contribution in [0.2, 0.25) is 0 Å². The van der Waals surface area contributed by atoms with Crippen molar-refractivity contribution in [2.75, 3.05) is 26.9 Å². The Bertz CT molecular complexity index is 365. The van der Waals surface area contributed by atoms with Crippen molar-refractivity contribution in [2.24, 2.45) is 5.92 Å². The maximum atomic E-state index is 5.75. The number of hydrogen-bond donors (Lipinski definition) is 1. The van der Waals surface area contributed by atoms with E-state index in [1.54, 1.807) is 7.11 Å². The second-order valence-corrected chi connectivity index (χ2v) is 4.83. The lowest BCUT2D eigenvalue weighted by Crippen LogP contribution is -2.19. The van der Waals surface area contributed by atoms with Gasteiger partial charge in [0.15, 0.2) is 5.82 Å². The molecule has 1 atom stereocenters. The second-order valence-electron chi connectivity index (χ2n) is 4.83. The van der Waals surface area contributed by atoms with Crippen LogP contribution in [-0.4, -0.2) is 36.8 Å². The second kappa shape index (κ2) is 7.53. The van der Waals surface area contributed by atoms with Crippen molar-refractivity contribution >= 4 is 0 Å². The van der Waals surface area contributed by atoms with Crippen LogP contribution in [-0.2, 0) is 16.0 Å². The highest BCUT2D eigenvalue weighted by molar-refractivity contribution is 5.08. The molecule has 5 heteroatoms. The van der Waals surface area contributed by atoms with Crippen LogP contribution < -0.4 is 5.32 Å². The standard InChI is InChI=1S/C14H23N3O2/c1-3-19-13(12-4-5-12)14-16-9-11(10-17-14)8-15-6-7-18-2/h9-10,12-13,15H,3-8H2,1-2H3. The minimum absolute atomic E-state index is 0.0838. The van der Waals surface area contributed by atoms with Crippen molar-refractivity contribution in [1.29, 1.82) is 0 Å². The Balaban J connectivity index is 1.86. The molecule has 0 aromatic carbocycles. The van der Waals surface area contributed by atoms with E-state index in [-0.39, 0.29) is 6.10 Å². The molecule has 0 bridgehead atoms. The molecule has 19 heavy (non-hydrogen) atoms. The number of aromatic nitrogens is 2. The first-order valence-corrected chi connectivity index (χ1v) is 6.97. The van der Waals surface area contributed by atoms with Gasteiger partial charge in [-0.15, -0.1) is 0 Å². The molecule has 1 heterocycles. The first-order valence-electron chi connectivity index (χ1n) is 6.97. The van der Waals surface area contributed by atoms with E-state index in [1.165, 1.54) is 12.8 Å². The maximum absolute atomic E-state index is 5.75. The van der Waals surface area contributed by atoms with E-state index < -0.39 is 0 Å². The molecule has 1 fully saturated rings. The van der Waals surface area contributed by atoms with E-state index >= 15 is 0 Å². The van der Waals surface area contributed by atoms with Gasteiger partial charge in [-0.25, -0.2) is 9.97 Å². The third-order valence-electron chi connectivity index (χ3n) is 3.19. The molecule has 1 unspecified atom stereocenters. The quantitative estimate of drug-likeness (QED) is 0.689. The van der Waals surface area contributed by atoms with Crippen molar-refractivity contribution < 1.29 is 9.47 Å². The van der Waals surface area contributed by atoms with Gasteiger partial charge in [-0.2, -0.15) is 0 Å². The lowest BCUT2D eigenvalue weighted by Gasteiger charge is -2.14. The van der Waals surface area contributed by atoms with Crippen LogP contribution in [0.3, 0.4) is 0 Å². The number of rotatable bonds is 9. The van der Waals surface area contributed by atoms with Gasteiger partial charge in [-0.05, 0) is 25.7 Å². The Kier molecular flexibility index (Phi) is 5.69. The molecule has 106 valence electrons. The molecule has 0 spiro atoms. The number of methoxy groups -OCH3 is 1. The molecule has 0 radical (unpaired) electrons. The summed E-state index contributed by atoms with van der Waals surface area (Å²) < 4.78 is 10.7. The van der Waals surface area contributed by atoms with Gasteiger partial charge < -0.3 is 14.8 Å². The van der Waals surface area contributed by atoms with Crippen molar-refractivity contribution in [3.05, 3.63) is 23.8 Å². The van der Waals surface area contributed by atoms with Crippen LogP contribution in [0.5, 0.6) is 0 Å². The molecular weight excluding hydrogens is 242 g/mol. The fraction of sp³-hybridized carbons (Fsp3) is 0.714. The summed E-state index contributed by atoms with van der Waals surface area (Å²) in [6.07, 6.45) is 6.32. The number of ether oxygens (including phenoxy) is 2. The molecular formula is C14H23N3O2. The number of hydrogen-bond acceptors (Lipinski definition) is 5. The summed E-state index contributed by atoms with van der Waals surface area (Å²) in [5, 5.41) is 3.28. The van der Waals surface area contributed by atoms with Gasteiger partial charge >= 0.3 is 0 Å². The van der Waals surface area contributed by atoms with E-state index in [9.17, 15) is 0 Å². The lowest BCUT2D eigenvalue weighted by molar-refractivity contribution is 0.0400. The summed E-state index contributed by atoms with van der Waals surface area (Å²) in [5.74, 6) is 1.44. The van der Waals surface area contributed by atoms with Gasteiger partial charge in [0.2, 0.25) is 0 Å². The topological polar surface area (TPSA) is 56.3 Å². The molecule has 1 saturated carbocycles. The molecule has 1 aromatic rings. The fourth-order valence-corrected chi connectivity index (χ4v) is 2.01. The molecule has 1 aliphatic carbocycles. The Hall–Kier alpha value is -1.04. The summed E-state index contributed by atoms with van der Waals surface area (Å²) in [7, 11) is 1.70. The highest BCUT2D eigenvalue weighted by atomic mass is 16.5. The van der Waals surface area contributed by atoms with Crippen LogP contribution in [0.4, 0.5) is 0 Å². The fourth-order valence-electron chi connectivity index (χ4n) is 2.01. The van der Waals surface area contributed by atoms with Crippen LogP contribution in [0.25, 0.3) is 0 Å². The molecule has 1 N–H and O–H groups in total. The Morgan fingerprint density at radius 2 is 2.11 bits per heavy atom. The van der Waals surface area contributed by atoms with Crippen molar-refractivity contribution in [3.63, 3.8) is 0 Å². The minimum atomic E-state index is 0.0838. The number of nitrogens with zero attached hydrogens (tertiary/aromatic N) is 2. The summed E-state index contributed by atoms with van der Waals surface area (Å²) >= 11 is 0. The van der Waals surface area contributed by atoms with E-state index in [0.717, 1.165) is 24.5 Å². The van der Waals surface area contributed by atoms with Gasteiger partial charge in [0.05, 0.1) is 6.61 Å². The first kappa shape index (κ1) is 14.4. The predicted molar refractivity (Wildman–Crippen MR) is 72.7 cm³/mol. The normalized spacial score (nSPS) is 16.5. The molecule has 5 nitrogen and oxygen atoms in total. The highest BCUT2D eigenvalue weighted by Gasteiger charge is 2.34. The average molecular weight is 265 g/mol. The van der Waals surface area contributed by atoms with E-state index in [0.29, 0.717) is 19.1 Å². The molecule has 2 rings (SSSR count). The zero-order valence-electron chi connectivity index (χ0n) is 11.8. The monoisotopic (exact) mass is 265 g/mol. The average Bonchev–Trinajstić information content (AvgIpc) is 3.26. The molecule has 0 saturated heterocycles. The molecule has 0 amide bonds. The Labute approximate surface area is 114 Å². The summed E-state index contributed by atoms with van der Waals surface area (Å²) in [4.78, 5) is 8.90. The van der Waals surface area contributed by atoms with Gasteiger partial charge in [0.1, 0.15) is 6.10 Å². The first-order chi connectivity index (χ1) is 9.35. The van der Waals surface area contributed by atoms with Gasteiger partial charge in [0, 0.05) is 44.8 Å². The SMILES string of the molecule is CCOC(c1ncc(CNCCOC)cn1)C1CC1. The third kappa shape index (κ3) is 4.53. The summed E-state index contributed by atoms with van der Waals surface area (Å²) in [6, 6.07) is 0. The zero-order valence-corrected chi connectivity index (χ0v) is 11.8. The van der Waals surface area contributed by atoms with Crippen LogP contribution in [0.15, 0.2) is 12.4 Å². The summed E-state index contributed by atoms with van der Waals surface area (Å²) in [5.41, 5.74) is 1.09. The molecule has 0 aliphatic heterocycles. The lowest BCUT2D eigenvalue weighted by atomic mass is 10.2. The van der Waals surface area contributed by atoms with E-state index in [4.69, 9.17) is 9.47 Å². The smallest absolute Gasteiger partial charge is 0.157 e. The Morgan fingerprint density at radius 1 is 1.37 bits per heavy atom. The number of nitrogens with one attached hydrogen (secondary N) is 1. The summed E-state index contributed by atoms with van der Waals surface area (Å²) in [6.45, 7) is 5.05. The van der Waals surface area contributed by atoms with Crippen molar-refractivity contribution in [3.8, 4) is 0 Å². The highest BCUT2D eigenvalue weighted by Crippen LogP contribution is 2.41. The van der Waals surface area contributed by atoms with Crippen molar-refractivity contribution in [2.45, 2.75) is 32.4 Å². The largest absolute Gasteiger partial charge is 0.383 e. The minimum Gasteiger partial charge on any atom is -0.383 e. The molecule has 1 aromatic heterocycles. The van der Waals surface area contributed by atoms with Crippen molar-refractivity contribution in [1.82, 2.24) is 15.3 Å². The predicted octanol–water partition coefficient (Wildman–Crippen LogP) is 1.70. The Morgan fingerprint density at radius 3 is 2.68 bits per heavy atom. The van der Waals surface area contributed by atoms with E-state index in [1.807, 2.05) is 19.3 Å². The van der Waals surface area contributed by atoms with Gasteiger partial charge in [-0.3, -0.25) is 0 Å². The van der Waals surface area contributed by atoms with Crippen LogP contribution in [0, 0.1) is 5.92 Å².